The second-order valence-corrected chi connectivity index (χ2v) is 7.66. The average molecular weight is 373 g/mol. The number of Topliss-reactive ketones (excluding diaryl/α,β-unsaturated/α-hetero) is 1. The predicted octanol–water partition coefficient (Wildman–Crippen LogP) is 2.26. The Morgan fingerprint density at radius 3 is 2.62 bits per heavy atom. The fraction of sp³-hybridized carbons (Fsp3) is 0.278. The summed E-state index contributed by atoms with van der Waals surface area (Å²) in [6.07, 6.45) is 0. The van der Waals surface area contributed by atoms with Crippen LogP contribution in [0.4, 0.5) is 5.69 Å². The summed E-state index contributed by atoms with van der Waals surface area (Å²) in [5.41, 5.74) is 5.72. The number of hydrogen-bond donors (Lipinski definition) is 4. The van der Waals surface area contributed by atoms with Crippen LogP contribution in [-0.4, -0.2) is 15.8 Å². The third-order valence-electron chi connectivity index (χ3n) is 5.14. The maximum Gasteiger partial charge on any atom is 0.293 e. The summed E-state index contributed by atoms with van der Waals surface area (Å²) in [5.74, 6) is -2.26. The Kier molecular flexibility index (Phi) is 3.52. The van der Waals surface area contributed by atoms with E-state index in [2.05, 4.69) is 5.09 Å². The lowest BCUT2D eigenvalue weighted by Crippen LogP contribution is -2.56. The fourth-order valence-electron chi connectivity index (χ4n) is 3.87. The smallest absolute Gasteiger partial charge is 0.293 e. The molecule has 3 atom stereocenters. The van der Waals surface area contributed by atoms with E-state index >= 15 is 0 Å². The molecule has 0 saturated heterocycles. The predicted molar refractivity (Wildman–Crippen MR) is 94.9 cm³/mol. The molecule has 1 aliphatic carbocycles. The number of carbonyl (C=O) groups excluding carboxylic acids is 1. The van der Waals surface area contributed by atoms with Crippen LogP contribution >= 0.6 is 8.18 Å². The SMILES string of the molecule is CC(C)c1ccc2c(c1)OC1(O)c3cccc(N)c3C(=O)C21N[P](=O)O. The highest BCUT2D eigenvalue weighted by Crippen LogP contribution is 2.60. The molecule has 3 unspecified atom stereocenters. The molecule has 0 fully saturated rings. The van der Waals surface area contributed by atoms with Gasteiger partial charge in [-0.15, -0.1) is 0 Å². The van der Waals surface area contributed by atoms with Gasteiger partial charge in [0.15, 0.2) is 11.3 Å². The van der Waals surface area contributed by atoms with Gasteiger partial charge in [-0.25, -0.2) is 4.57 Å². The second kappa shape index (κ2) is 5.34. The highest BCUT2D eigenvalue weighted by atomic mass is 31.1. The third-order valence-corrected chi connectivity index (χ3v) is 5.66. The van der Waals surface area contributed by atoms with Gasteiger partial charge in [0.1, 0.15) is 5.75 Å². The molecule has 2 aromatic rings. The number of nitrogen functional groups attached to an aromatic ring is 1. The monoisotopic (exact) mass is 373 g/mol. The van der Waals surface area contributed by atoms with Crippen molar-refractivity contribution in [3.63, 3.8) is 0 Å². The van der Waals surface area contributed by atoms with Gasteiger partial charge in [0.05, 0.1) is 5.56 Å². The van der Waals surface area contributed by atoms with Crippen molar-refractivity contribution in [1.29, 1.82) is 0 Å². The zero-order chi connectivity index (χ0) is 18.9. The normalized spacial score (nSPS) is 26.3. The number of ketones is 1. The van der Waals surface area contributed by atoms with Crippen molar-refractivity contribution in [2.24, 2.45) is 0 Å². The Morgan fingerprint density at radius 2 is 1.96 bits per heavy atom. The van der Waals surface area contributed by atoms with Crippen LogP contribution in [0.5, 0.6) is 5.75 Å². The molecule has 0 aromatic heterocycles. The number of aliphatic hydroxyl groups is 1. The molecule has 5 N–H and O–H groups in total. The molecule has 0 bridgehead atoms. The summed E-state index contributed by atoms with van der Waals surface area (Å²) in [5, 5.41) is 13.8. The molecule has 2 aromatic carbocycles. The van der Waals surface area contributed by atoms with Crippen LogP contribution in [0.25, 0.3) is 0 Å². The number of anilines is 1. The number of benzene rings is 2. The number of fused-ring (bicyclic) bond motifs is 5. The topological polar surface area (TPSA) is 122 Å². The molecular weight excluding hydrogens is 355 g/mol. The summed E-state index contributed by atoms with van der Waals surface area (Å²) in [6, 6.07) is 9.87. The minimum Gasteiger partial charge on any atom is -0.455 e. The summed E-state index contributed by atoms with van der Waals surface area (Å²) < 4.78 is 17.5. The first-order chi connectivity index (χ1) is 12.2. The van der Waals surface area contributed by atoms with Gasteiger partial charge in [0, 0.05) is 16.8 Å². The highest BCUT2D eigenvalue weighted by molar-refractivity contribution is 7.35. The Hall–Kier alpha value is -2.31. The summed E-state index contributed by atoms with van der Waals surface area (Å²) >= 11 is 0. The minimum atomic E-state index is -2.97. The van der Waals surface area contributed by atoms with Crippen LogP contribution < -0.4 is 15.6 Å². The van der Waals surface area contributed by atoms with E-state index in [4.69, 9.17) is 10.5 Å². The van der Waals surface area contributed by atoms with Gasteiger partial charge >= 0.3 is 0 Å². The van der Waals surface area contributed by atoms with Gasteiger partial charge in [0.25, 0.3) is 14.0 Å². The Morgan fingerprint density at radius 1 is 1.23 bits per heavy atom. The number of rotatable bonds is 3. The van der Waals surface area contributed by atoms with E-state index in [1.807, 2.05) is 19.9 Å². The average Bonchev–Trinajstić information content (AvgIpc) is 2.92. The quantitative estimate of drug-likeness (QED) is 0.481. The van der Waals surface area contributed by atoms with Gasteiger partial charge in [-0.2, -0.15) is 5.09 Å². The minimum absolute atomic E-state index is 0.0953. The molecule has 1 heterocycles. The Bertz CT molecular complexity index is 976. The van der Waals surface area contributed by atoms with Crippen molar-refractivity contribution in [3.8, 4) is 5.75 Å². The van der Waals surface area contributed by atoms with Gasteiger partial charge in [-0.05, 0) is 23.6 Å². The largest absolute Gasteiger partial charge is 0.455 e. The Balaban J connectivity index is 2.03. The van der Waals surface area contributed by atoms with E-state index in [1.54, 1.807) is 18.2 Å². The first-order valence-corrected chi connectivity index (χ1v) is 9.37. The summed E-state index contributed by atoms with van der Waals surface area (Å²) in [6.45, 7) is 4.01. The fourth-order valence-corrected chi connectivity index (χ4v) is 4.53. The van der Waals surface area contributed by atoms with Crippen LogP contribution in [0.1, 0.15) is 46.8 Å². The molecule has 1 radical (unpaired) electrons. The van der Waals surface area contributed by atoms with Crippen molar-refractivity contribution < 1.29 is 24.1 Å². The first kappa shape index (κ1) is 17.1. The molecule has 0 saturated carbocycles. The lowest BCUT2D eigenvalue weighted by Gasteiger charge is -2.32. The van der Waals surface area contributed by atoms with E-state index in [0.717, 1.165) is 5.56 Å². The van der Waals surface area contributed by atoms with Crippen molar-refractivity contribution in [2.75, 3.05) is 5.73 Å². The number of nitrogens with one attached hydrogen (secondary N) is 1. The van der Waals surface area contributed by atoms with Gasteiger partial charge in [-0.1, -0.05) is 38.1 Å². The van der Waals surface area contributed by atoms with E-state index in [9.17, 15) is 19.4 Å². The lowest BCUT2D eigenvalue weighted by atomic mass is 9.83. The van der Waals surface area contributed by atoms with Gasteiger partial charge in [0.2, 0.25) is 0 Å². The van der Waals surface area contributed by atoms with Gasteiger partial charge < -0.3 is 20.5 Å². The molecule has 26 heavy (non-hydrogen) atoms. The van der Waals surface area contributed by atoms with Crippen LogP contribution in [0, 0.1) is 0 Å². The number of ether oxygens (including phenoxy) is 1. The Labute approximate surface area is 150 Å². The maximum absolute atomic E-state index is 13.3. The summed E-state index contributed by atoms with van der Waals surface area (Å²) in [4.78, 5) is 22.9. The standard InChI is InChI=1S/C18H18N2O5P/c1-9(2)10-6-7-11-14(8-10)25-18(22)12-4-3-5-13(19)15(12)16(21)17(11,18)20-26(23)24/h3-9,22H,19H2,1-2H3,(H2,20,23,24). The van der Waals surface area contributed by atoms with E-state index in [1.165, 1.54) is 12.1 Å². The van der Waals surface area contributed by atoms with E-state index in [-0.39, 0.29) is 22.7 Å². The molecule has 2 aliphatic rings. The van der Waals surface area contributed by atoms with Crippen molar-refractivity contribution in [2.45, 2.75) is 31.1 Å². The van der Waals surface area contributed by atoms with Gasteiger partial charge in [-0.3, -0.25) is 4.79 Å². The van der Waals surface area contributed by atoms with E-state index in [0.29, 0.717) is 11.3 Å². The molecule has 1 aliphatic heterocycles. The molecule has 0 spiro atoms. The lowest BCUT2D eigenvalue weighted by molar-refractivity contribution is -0.167. The van der Waals surface area contributed by atoms with E-state index < -0.39 is 25.3 Å². The molecular formula is C18H18N2O5P. The van der Waals surface area contributed by atoms with Crippen LogP contribution in [0.2, 0.25) is 0 Å². The van der Waals surface area contributed by atoms with Crippen LogP contribution in [0.3, 0.4) is 0 Å². The number of carbonyl (C=O) groups is 1. The van der Waals surface area contributed by atoms with Crippen molar-refractivity contribution in [1.82, 2.24) is 5.09 Å². The van der Waals surface area contributed by atoms with Crippen LogP contribution in [-0.2, 0) is 15.9 Å². The third kappa shape index (κ3) is 1.91. The second-order valence-electron chi connectivity index (χ2n) is 6.89. The molecule has 7 nitrogen and oxygen atoms in total. The summed E-state index contributed by atoms with van der Waals surface area (Å²) in [7, 11) is -2.97. The molecule has 8 heteroatoms. The highest BCUT2D eigenvalue weighted by Gasteiger charge is 2.72. The first-order valence-electron chi connectivity index (χ1n) is 8.16. The number of hydrogen-bond acceptors (Lipinski definition) is 5. The maximum atomic E-state index is 13.3. The molecule has 4 rings (SSSR count). The molecule has 0 amide bonds. The van der Waals surface area contributed by atoms with Crippen molar-refractivity contribution in [3.05, 3.63) is 58.7 Å². The number of nitrogens with two attached hydrogens (primary N) is 1. The zero-order valence-corrected chi connectivity index (χ0v) is 15.1. The van der Waals surface area contributed by atoms with Crippen LogP contribution in [0.15, 0.2) is 36.4 Å². The van der Waals surface area contributed by atoms with Crippen molar-refractivity contribution >= 4 is 19.6 Å². The zero-order valence-electron chi connectivity index (χ0n) is 14.2. The molecule has 135 valence electrons.